The van der Waals surface area contributed by atoms with Gasteiger partial charge in [0.25, 0.3) is 0 Å². The number of hydrogen-bond acceptors (Lipinski definition) is 1. The molecule has 9 heavy (non-hydrogen) atoms. The van der Waals surface area contributed by atoms with Crippen molar-refractivity contribution < 1.29 is 0 Å². The van der Waals surface area contributed by atoms with Crippen molar-refractivity contribution in [2.45, 2.75) is 26.2 Å². The van der Waals surface area contributed by atoms with Crippen molar-refractivity contribution in [2.24, 2.45) is 0 Å². The van der Waals surface area contributed by atoms with Crippen molar-refractivity contribution in [2.75, 3.05) is 18.8 Å². The Hall–Kier alpha value is 0.310. The molecule has 0 aliphatic carbocycles. The Balaban J connectivity index is 2.60. The lowest BCUT2D eigenvalue weighted by atomic mass is 10.3. The van der Waals surface area contributed by atoms with Crippen molar-refractivity contribution in [3.05, 3.63) is 0 Å². The second kappa shape index (κ2) is 8.31. The molecule has 55 valence electrons. The van der Waals surface area contributed by atoms with Gasteiger partial charge < -0.3 is 5.32 Å². The molecule has 0 unspecified atom stereocenters. The summed E-state index contributed by atoms with van der Waals surface area (Å²) in [6.07, 6.45) is 3.66. The van der Waals surface area contributed by atoms with Crippen LogP contribution >= 0.6 is 12.6 Å². The van der Waals surface area contributed by atoms with E-state index in [0.717, 1.165) is 18.8 Å². The summed E-state index contributed by atoms with van der Waals surface area (Å²) in [5.41, 5.74) is 0. The fourth-order valence-corrected chi connectivity index (χ4v) is 0.858. The molecule has 0 amide bonds. The van der Waals surface area contributed by atoms with Crippen LogP contribution in [0.1, 0.15) is 26.2 Å². The maximum Gasteiger partial charge on any atom is 0.00374 e. The molecular weight excluding hydrogens is 130 g/mol. The standard InChI is InChI=1S/C7H16NS/c1-2-5-8-6-3-4-7-9/h8H,2-7H2,1H3. The topological polar surface area (TPSA) is 12.0 Å². The first-order valence-corrected chi connectivity index (χ1v) is 4.28. The highest BCUT2D eigenvalue weighted by molar-refractivity contribution is 7.80. The summed E-state index contributed by atoms with van der Waals surface area (Å²) in [7, 11) is 0. The predicted molar refractivity (Wildman–Crippen MR) is 44.9 cm³/mol. The first kappa shape index (κ1) is 9.31. The molecule has 0 aromatic carbocycles. The van der Waals surface area contributed by atoms with Gasteiger partial charge in [-0.2, -0.15) is 0 Å². The number of nitrogens with one attached hydrogen (secondary N) is 1. The summed E-state index contributed by atoms with van der Waals surface area (Å²) in [5.74, 6) is 0.911. The normalized spacial score (nSPS) is 10.0. The van der Waals surface area contributed by atoms with Crippen LogP contribution in [0, 0.1) is 0 Å². The average Bonchev–Trinajstić information content (AvgIpc) is 1.89. The molecule has 1 N–H and O–H groups in total. The maximum absolute atomic E-state index is 4.80. The van der Waals surface area contributed by atoms with Gasteiger partial charge in [0.2, 0.25) is 0 Å². The number of hydrogen-bond donors (Lipinski definition) is 1. The van der Waals surface area contributed by atoms with Crippen molar-refractivity contribution in [1.82, 2.24) is 5.32 Å². The molecule has 1 nitrogen and oxygen atoms in total. The first-order valence-electron chi connectivity index (χ1n) is 3.70. The van der Waals surface area contributed by atoms with Crippen LogP contribution in [0.3, 0.4) is 0 Å². The summed E-state index contributed by atoms with van der Waals surface area (Å²) in [5, 5.41) is 3.32. The lowest BCUT2D eigenvalue weighted by Gasteiger charge is -1.99. The van der Waals surface area contributed by atoms with E-state index >= 15 is 0 Å². The first-order chi connectivity index (χ1) is 4.41. The third-order valence-electron chi connectivity index (χ3n) is 1.17. The van der Waals surface area contributed by atoms with Crippen LogP contribution in [-0.2, 0) is 0 Å². The fourth-order valence-electron chi connectivity index (χ4n) is 0.654. The van der Waals surface area contributed by atoms with Gasteiger partial charge in [-0.3, -0.25) is 0 Å². The fraction of sp³-hybridized carbons (Fsp3) is 1.00. The van der Waals surface area contributed by atoms with E-state index in [9.17, 15) is 0 Å². The average molecular weight is 146 g/mol. The van der Waals surface area contributed by atoms with E-state index in [2.05, 4.69) is 12.2 Å². The second-order valence-corrected chi connectivity index (χ2v) is 2.57. The second-order valence-electron chi connectivity index (χ2n) is 2.16. The third-order valence-corrected chi connectivity index (χ3v) is 1.46. The SMILES string of the molecule is CCCNCCCC[S]. The van der Waals surface area contributed by atoms with Crippen LogP contribution in [0.4, 0.5) is 0 Å². The molecule has 0 aliphatic heterocycles. The molecular formula is C7H16NS. The van der Waals surface area contributed by atoms with Crippen LogP contribution < -0.4 is 5.32 Å². The molecule has 0 aliphatic rings. The molecule has 0 aromatic rings. The van der Waals surface area contributed by atoms with Gasteiger partial charge in [0.15, 0.2) is 0 Å². The van der Waals surface area contributed by atoms with E-state index in [-0.39, 0.29) is 0 Å². The van der Waals surface area contributed by atoms with E-state index in [0.29, 0.717) is 0 Å². The van der Waals surface area contributed by atoms with Crippen LogP contribution in [-0.4, -0.2) is 18.8 Å². The van der Waals surface area contributed by atoms with E-state index in [1.165, 1.54) is 19.3 Å². The molecule has 0 aromatic heterocycles. The van der Waals surface area contributed by atoms with Crippen molar-refractivity contribution in [3.63, 3.8) is 0 Å². The zero-order valence-corrected chi connectivity index (χ0v) is 6.97. The van der Waals surface area contributed by atoms with Gasteiger partial charge in [0, 0.05) is 5.75 Å². The molecule has 2 heteroatoms. The van der Waals surface area contributed by atoms with Crippen molar-refractivity contribution >= 4 is 12.6 Å². The van der Waals surface area contributed by atoms with Gasteiger partial charge in [-0.25, -0.2) is 0 Å². The molecule has 0 atom stereocenters. The summed E-state index contributed by atoms with van der Waals surface area (Å²) < 4.78 is 0. The molecule has 0 fully saturated rings. The smallest absolute Gasteiger partial charge is 0.00374 e. The molecule has 0 saturated heterocycles. The maximum atomic E-state index is 4.80. The zero-order chi connectivity index (χ0) is 6.95. The van der Waals surface area contributed by atoms with Crippen LogP contribution in [0.2, 0.25) is 0 Å². The van der Waals surface area contributed by atoms with Crippen LogP contribution in [0.25, 0.3) is 0 Å². The predicted octanol–water partition coefficient (Wildman–Crippen LogP) is 1.96. The Morgan fingerprint density at radius 3 is 2.56 bits per heavy atom. The van der Waals surface area contributed by atoms with E-state index in [1.807, 2.05) is 0 Å². The Kier molecular flexibility index (Phi) is 8.60. The van der Waals surface area contributed by atoms with Gasteiger partial charge >= 0.3 is 0 Å². The van der Waals surface area contributed by atoms with E-state index in [1.54, 1.807) is 0 Å². The van der Waals surface area contributed by atoms with Gasteiger partial charge in [-0.1, -0.05) is 19.6 Å². The number of unbranched alkanes of at least 4 members (excludes halogenated alkanes) is 1. The molecule has 0 bridgehead atoms. The molecule has 1 radical (unpaired) electrons. The zero-order valence-electron chi connectivity index (χ0n) is 6.15. The lowest BCUT2D eigenvalue weighted by Crippen LogP contribution is -2.15. The molecule has 0 heterocycles. The minimum atomic E-state index is 0.911. The minimum absolute atomic E-state index is 0.911. The Bertz CT molecular complexity index is 42.2. The highest BCUT2D eigenvalue weighted by Gasteiger charge is 1.84. The number of rotatable bonds is 6. The quantitative estimate of drug-likeness (QED) is 0.565. The highest BCUT2D eigenvalue weighted by Crippen LogP contribution is 1.88. The molecule has 0 saturated carbocycles. The Labute approximate surface area is 63.6 Å². The minimum Gasteiger partial charge on any atom is -0.317 e. The summed E-state index contributed by atoms with van der Waals surface area (Å²) in [6, 6.07) is 0. The van der Waals surface area contributed by atoms with Crippen LogP contribution in [0.15, 0.2) is 0 Å². The molecule has 0 rings (SSSR count). The summed E-state index contributed by atoms with van der Waals surface area (Å²) in [6.45, 7) is 4.47. The third kappa shape index (κ3) is 8.31. The molecule has 0 spiro atoms. The monoisotopic (exact) mass is 146 g/mol. The highest BCUT2D eigenvalue weighted by atomic mass is 32.1. The van der Waals surface area contributed by atoms with Gasteiger partial charge in [0.05, 0.1) is 0 Å². The van der Waals surface area contributed by atoms with Gasteiger partial charge in [-0.15, -0.1) is 0 Å². The van der Waals surface area contributed by atoms with Crippen molar-refractivity contribution in [1.29, 1.82) is 0 Å². The van der Waals surface area contributed by atoms with Crippen molar-refractivity contribution in [3.8, 4) is 0 Å². The lowest BCUT2D eigenvalue weighted by molar-refractivity contribution is 0.635. The largest absolute Gasteiger partial charge is 0.317 e. The summed E-state index contributed by atoms with van der Waals surface area (Å²) in [4.78, 5) is 0. The van der Waals surface area contributed by atoms with Gasteiger partial charge in [0.1, 0.15) is 0 Å². The summed E-state index contributed by atoms with van der Waals surface area (Å²) >= 11 is 4.80. The Morgan fingerprint density at radius 1 is 1.22 bits per heavy atom. The van der Waals surface area contributed by atoms with E-state index in [4.69, 9.17) is 12.6 Å². The van der Waals surface area contributed by atoms with Crippen LogP contribution in [0.5, 0.6) is 0 Å². The van der Waals surface area contributed by atoms with Gasteiger partial charge in [-0.05, 0) is 32.4 Å². The van der Waals surface area contributed by atoms with E-state index < -0.39 is 0 Å². The Morgan fingerprint density at radius 2 is 2.00 bits per heavy atom.